The van der Waals surface area contributed by atoms with Crippen LogP contribution < -0.4 is 10.6 Å². The maximum atomic E-state index is 12.5. The second-order valence-corrected chi connectivity index (χ2v) is 6.73. The summed E-state index contributed by atoms with van der Waals surface area (Å²) in [6.45, 7) is 3.62. The number of rotatable bonds is 0. The van der Waals surface area contributed by atoms with Crippen LogP contribution in [0.5, 0.6) is 0 Å². The fourth-order valence-corrected chi connectivity index (χ4v) is 3.30. The summed E-state index contributed by atoms with van der Waals surface area (Å²) < 4.78 is 1.85. The molecule has 0 radical (unpaired) electrons. The lowest BCUT2D eigenvalue weighted by Gasteiger charge is -2.10. The summed E-state index contributed by atoms with van der Waals surface area (Å²) >= 11 is 0. The van der Waals surface area contributed by atoms with Crippen LogP contribution in [0.3, 0.4) is 0 Å². The van der Waals surface area contributed by atoms with Gasteiger partial charge in [0.15, 0.2) is 5.65 Å². The van der Waals surface area contributed by atoms with Gasteiger partial charge >= 0.3 is 0 Å². The second kappa shape index (κ2) is 7.15. The lowest BCUT2D eigenvalue weighted by atomic mass is 10.1. The first-order chi connectivity index (χ1) is 12.7. The zero-order valence-electron chi connectivity index (χ0n) is 15.0. The van der Waals surface area contributed by atoms with Crippen LogP contribution in [0.2, 0.25) is 0 Å². The number of allylic oxidation sites excluding steroid dienone is 4. The number of nitrogens with one attached hydrogen (secondary N) is 2. The van der Waals surface area contributed by atoms with Gasteiger partial charge in [0.05, 0.1) is 11.9 Å². The van der Waals surface area contributed by atoms with Gasteiger partial charge in [0.25, 0.3) is 5.91 Å². The number of amides is 1. The van der Waals surface area contributed by atoms with Crippen molar-refractivity contribution in [2.75, 3.05) is 18.4 Å². The van der Waals surface area contributed by atoms with Crippen LogP contribution in [-0.2, 0) is 4.79 Å². The van der Waals surface area contributed by atoms with Crippen molar-refractivity contribution in [2.24, 2.45) is 0 Å². The van der Waals surface area contributed by atoms with E-state index in [0.29, 0.717) is 12.1 Å². The molecule has 2 N–H and O–H groups in total. The molecule has 4 bridgehead atoms. The summed E-state index contributed by atoms with van der Waals surface area (Å²) in [7, 11) is 0. The van der Waals surface area contributed by atoms with Crippen molar-refractivity contribution in [3.63, 3.8) is 0 Å². The van der Waals surface area contributed by atoms with Gasteiger partial charge in [-0.2, -0.15) is 0 Å². The monoisotopic (exact) mass is 349 g/mol. The Morgan fingerprint density at radius 3 is 2.85 bits per heavy atom. The molecular weight excluding hydrogens is 326 g/mol. The van der Waals surface area contributed by atoms with E-state index in [0.717, 1.165) is 60.5 Å². The highest BCUT2D eigenvalue weighted by atomic mass is 16.1. The van der Waals surface area contributed by atoms with Crippen LogP contribution in [-0.4, -0.2) is 33.6 Å². The number of anilines is 1. The lowest BCUT2D eigenvalue weighted by molar-refractivity contribution is -0.117. The minimum atomic E-state index is -0.0162. The van der Waals surface area contributed by atoms with E-state index in [2.05, 4.69) is 21.7 Å². The van der Waals surface area contributed by atoms with Gasteiger partial charge in [0.2, 0.25) is 0 Å². The summed E-state index contributed by atoms with van der Waals surface area (Å²) in [5, 5.41) is 11.2. The zero-order valence-corrected chi connectivity index (χ0v) is 15.0. The van der Waals surface area contributed by atoms with Gasteiger partial charge in [-0.1, -0.05) is 18.2 Å². The summed E-state index contributed by atoms with van der Waals surface area (Å²) in [6, 6.07) is 2.04. The van der Waals surface area contributed by atoms with Gasteiger partial charge < -0.3 is 10.6 Å². The average Bonchev–Trinajstić information content (AvgIpc) is 2.87. The number of hydrogen-bond acceptors (Lipinski definition) is 4. The van der Waals surface area contributed by atoms with Gasteiger partial charge in [-0.15, -0.1) is 5.10 Å². The van der Waals surface area contributed by atoms with E-state index >= 15 is 0 Å². The SMILES string of the molecule is Cc1cc2ncc3n2nc1NCCCCCNC(=O)C1=CCC=CC3=C1. The third-order valence-electron chi connectivity index (χ3n) is 4.76. The minimum absolute atomic E-state index is 0.0162. The Morgan fingerprint density at radius 1 is 1.12 bits per heavy atom. The number of aromatic nitrogens is 3. The number of aryl methyl sites for hydroxylation is 1. The Hall–Kier alpha value is -2.89. The van der Waals surface area contributed by atoms with E-state index < -0.39 is 0 Å². The molecule has 3 heterocycles. The highest BCUT2D eigenvalue weighted by molar-refractivity contribution is 5.99. The Bertz CT molecular complexity index is 935. The van der Waals surface area contributed by atoms with Crippen LogP contribution in [0.1, 0.15) is 36.9 Å². The topological polar surface area (TPSA) is 71.3 Å². The van der Waals surface area contributed by atoms with E-state index in [1.54, 1.807) is 0 Å². The molecule has 4 rings (SSSR count). The quantitative estimate of drug-likeness (QED) is 0.767. The van der Waals surface area contributed by atoms with Crippen LogP contribution in [0.25, 0.3) is 11.2 Å². The van der Waals surface area contributed by atoms with Crippen molar-refractivity contribution in [1.29, 1.82) is 0 Å². The molecule has 0 saturated carbocycles. The summed E-state index contributed by atoms with van der Waals surface area (Å²) in [6.07, 6.45) is 13.6. The van der Waals surface area contributed by atoms with Gasteiger partial charge in [0, 0.05) is 24.2 Å². The molecular formula is C20H23N5O. The van der Waals surface area contributed by atoms with Crippen molar-refractivity contribution >= 4 is 22.9 Å². The molecule has 1 aliphatic heterocycles. The fourth-order valence-electron chi connectivity index (χ4n) is 3.30. The maximum Gasteiger partial charge on any atom is 0.250 e. The molecule has 0 aromatic carbocycles. The molecule has 1 amide bonds. The van der Waals surface area contributed by atoms with Crippen LogP contribution in [0, 0.1) is 6.92 Å². The van der Waals surface area contributed by atoms with Gasteiger partial charge in [0.1, 0.15) is 5.82 Å². The zero-order chi connectivity index (χ0) is 17.9. The van der Waals surface area contributed by atoms with Gasteiger partial charge in [-0.3, -0.25) is 4.79 Å². The molecule has 0 saturated heterocycles. The average molecular weight is 349 g/mol. The Morgan fingerprint density at radius 2 is 1.96 bits per heavy atom. The molecule has 0 spiro atoms. The van der Waals surface area contributed by atoms with E-state index in [4.69, 9.17) is 5.10 Å². The van der Waals surface area contributed by atoms with E-state index in [9.17, 15) is 4.79 Å². The van der Waals surface area contributed by atoms with Crippen molar-refractivity contribution < 1.29 is 4.79 Å². The number of hydrogen-bond donors (Lipinski definition) is 2. The minimum Gasteiger partial charge on any atom is -0.368 e. The summed E-state index contributed by atoms with van der Waals surface area (Å²) in [5.41, 5.74) is 4.41. The largest absolute Gasteiger partial charge is 0.368 e. The third-order valence-corrected chi connectivity index (χ3v) is 4.76. The lowest BCUT2D eigenvalue weighted by Crippen LogP contribution is -2.25. The number of nitrogens with zero attached hydrogens (tertiary/aromatic N) is 3. The standard InChI is InChI=1S/C20H23N5O/c1-14-11-18-23-13-17-15-7-3-4-8-16(12-15)20(26)22-10-6-2-5-9-21-19(14)24-25(17)18/h3,7-8,11-13H,2,4-6,9-10H2,1H3,(H,21,24)(H,22,26). The molecule has 2 aromatic rings. The van der Waals surface area contributed by atoms with Crippen LogP contribution in [0.15, 0.2) is 42.1 Å². The van der Waals surface area contributed by atoms with Gasteiger partial charge in [-0.25, -0.2) is 9.50 Å². The van der Waals surface area contributed by atoms with E-state index in [1.807, 2.05) is 41.9 Å². The number of imidazole rings is 1. The maximum absolute atomic E-state index is 12.5. The molecule has 0 unspecified atom stereocenters. The molecule has 1 aliphatic carbocycles. The molecule has 26 heavy (non-hydrogen) atoms. The molecule has 134 valence electrons. The van der Waals surface area contributed by atoms with Crippen molar-refractivity contribution in [2.45, 2.75) is 32.6 Å². The van der Waals surface area contributed by atoms with Crippen LogP contribution in [0.4, 0.5) is 5.82 Å². The summed E-state index contributed by atoms with van der Waals surface area (Å²) in [5.74, 6) is 0.868. The molecule has 6 heteroatoms. The smallest absolute Gasteiger partial charge is 0.250 e. The molecule has 2 aliphatic rings. The predicted octanol–water partition coefficient (Wildman–Crippen LogP) is 3.02. The first-order valence-electron chi connectivity index (χ1n) is 9.18. The predicted molar refractivity (Wildman–Crippen MR) is 103 cm³/mol. The normalized spacial score (nSPS) is 18.3. The highest BCUT2D eigenvalue weighted by Gasteiger charge is 2.15. The molecule has 6 nitrogen and oxygen atoms in total. The highest BCUT2D eigenvalue weighted by Crippen LogP contribution is 2.24. The molecule has 0 atom stereocenters. The fraction of sp³-hybridized carbons (Fsp3) is 0.350. The van der Waals surface area contributed by atoms with Crippen LogP contribution >= 0.6 is 0 Å². The van der Waals surface area contributed by atoms with Gasteiger partial charge in [-0.05, 0) is 50.3 Å². The number of fused-ring (bicyclic) bond motifs is 3. The van der Waals surface area contributed by atoms with Crippen molar-refractivity contribution in [3.8, 4) is 0 Å². The van der Waals surface area contributed by atoms with E-state index in [1.165, 1.54) is 0 Å². The number of carbonyl (C=O) groups is 1. The first kappa shape index (κ1) is 16.6. The summed E-state index contributed by atoms with van der Waals surface area (Å²) in [4.78, 5) is 17.0. The van der Waals surface area contributed by atoms with E-state index in [-0.39, 0.29) is 5.91 Å². The van der Waals surface area contributed by atoms with Crippen molar-refractivity contribution in [3.05, 3.63) is 53.4 Å². The molecule has 0 fully saturated rings. The Kier molecular flexibility index (Phi) is 4.56. The molecule has 2 aromatic heterocycles. The number of carbonyl (C=O) groups excluding carboxylic acids is 1. The Balaban J connectivity index is 1.83. The van der Waals surface area contributed by atoms with Crippen molar-refractivity contribution in [1.82, 2.24) is 19.9 Å². The first-order valence-corrected chi connectivity index (χ1v) is 9.18. The Labute approximate surface area is 152 Å². The second-order valence-electron chi connectivity index (χ2n) is 6.73. The third kappa shape index (κ3) is 3.27.